The summed E-state index contributed by atoms with van der Waals surface area (Å²) in [5, 5.41) is 19.0. The molecule has 8 heteroatoms. The van der Waals surface area contributed by atoms with Crippen LogP contribution in [-0.4, -0.2) is 66.7 Å². The van der Waals surface area contributed by atoms with E-state index >= 15 is 0 Å². The van der Waals surface area contributed by atoms with Crippen LogP contribution >= 0.6 is 0 Å². The number of aliphatic carboxylic acids is 2. The second-order valence-electron chi connectivity index (χ2n) is 3.70. The molecule has 0 radical (unpaired) electrons. The predicted octanol–water partition coefficient (Wildman–Crippen LogP) is -1.44. The lowest BCUT2D eigenvalue weighted by Crippen LogP contribution is -2.30. The van der Waals surface area contributed by atoms with Crippen LogP contribution in [0, 0.1) is 0 Å². The minimum atomic E-state index is -1.17. The fourth-order valence-electron chi connectivity index (χ4n) is 0.712. The summed E-state index contributed by atoms with van der Waals surface area (Å²) in [5.74, 6) is -2.09. The van der Waals surface area contributed by atoms with Crippen molar-refractivity contribution in [3.8, 4) is 0 Å². The summed E-state index contributed by atoms with van der Waals surface area (Å²) >= 11 is 0. The second-order valence-corrected chi connectivity index (χ2v) is 3.70. The van der Waals surface area contributed by atoms with Crippen molar-refractivity contribution in [3.63, 3.8) is 0 Å². The molecule has 0 aromatic carbocycles. The maximum absolute atomic E-state index is 10.6. The topological polar surface area (TPSA) is 133 Å². The minimum Gasteiger partial charge on any atom is -0.481 e. The van der Waals surface area contributed by atoms with E-state index in [2.05, 4.69) is 5.32 Å². The van der Waals surface area contributed by atoms with Gasteiger partial charge in [-0.1, -0.05) is 0 Å². The predicted molar refractivity (Wildman–Crippen MR) is 65.1 cm³/mol. The van der Waals surface area contributed by atoms with Crippen molar-refractivity contribution in [2.75, 3.05) is 27.7 Å². The lowest BCUT2D eigenvalue weighted by atomic mass is 10.2. The highest BCUT2D eigenvalue weighted by Crippen LogP contribution is 1.93. The number of likely N-dealkylation sites (N-methyl/N-ethyl adjacent to an activating group) is 2. The lowest BCUT2D eigenvalue weighted by molar-refractivity contribution is -0.140. The summed E-state index contributed by atoms with van der Waals surface area (Å²) in [5.41, 5.74) is 5.00. The normalized spacial score (nSPS) is 10.9. The first-order chi connectivity index (χ1) is 8.22. The second kappa shape index (κ2) is 10.5. The van der Waals surface area contributed by atoms with Crippen LogP contribution in [0.15, 0.2) is 0 Å². The van der Waals surface area contributed by atoms with Crippen LogP contribution < -0.4 is 11.1 Å². The van der Waals surface area contributed by atoms with Gasteiger partial charge in [0.15, 0.2) is 0 Å². The molecule has 0 aliphatic carbocycles. The summed E-state index contributed by atoms with van der Waals surface area (Å²) in [7, 11) is 5.22. The highest BCUT2D eigenvalue weighted by Gasteiger charge is 2.12. The standard InChI is InChI=1S/C5H12N2O.C5H9NO4/c1-6-4-5(8)7(2)3;6-3(5(9)10)1-2-4(7)8/h6H,4H2,1-3H3;3H,1-2,6H2,(H,7,8)(H,9,10)/t;3-/m.0/s1. The molecule has 0 aromatic heterocycles. The maximum atomic E-state index is 10.6. The van der Waals surface area contributed by atoms with Gasteiger partial charge in [0, 0.05) is 20.5 Å². The molecule has 0 aromatic rings. The highest BCUT2D eigenvalue weighted by atomic mass is 16.4. The molecular weight excluding hydrogens is 242 g/mol. The number of carbonyl (C=O) groups excluding carboxylic acids is 1. The Kier molecular flexibility index (Phi) is 10.9. The molecule has 0 saturated heterocycles. The minimum absolute atomic E-state index is 0.0231. The molecule has 0 rings (SSSR count). The summed E-state index contributed by atoms with van der Waals surface area (Å²) < 4.78 is 0. The van der Waals surface area contributed by atoms with Gasteiger partial charge in [0.25, 0.3) is 0 Å². The number of nitrogens with zero attached hydrogens (tertiary/aromatic N) is 1. The molecule has 1 amide bonds. The molecule has 0 heterocycles. The van der Waals surface area contributed by atoms with Crippen LogP contribution in [0.4, 0.5) is 0 Å². The number of rotatable bonds is 6. The van der Waals surface area contributed by atoms with Gasteiger partial charge < -0.3 is 26.2 Å². The number of hydrogen-bond acceptors (Lipinski definition) is 5. The average molecular weight is 263 g/mol. The van der Waals surface area contributed by atoms with Crippen molar-refractivity contribution < 1.29 is 24.6 Å². The number of carboxylic acids is 2. The van der Waals surface area contributed by atoms with E-state index in [1.807, 2.05) is 0 Å². The van der Waals surface area contributed by atoms with E-state index in [9.17, 15) is 14.4 Å². The third kappa shape index (κ3) is 12.4. The van der Waals surface area contributed by atoms with Crippen LogP contribution in [0.25, 0.3) is 0 Å². The molecule has 0 unspecified atom stereocenters. The number of nitrogens with one attached hydrogen (secondary N) is 1. The Labute approximate surface area is 106 Å². The Bertz CT molecular complexity index is 281. The van der Waals surface area contributed by atoms with E-state index < -0.39 is 18.0 Å². The number of carboxylic acid groups (broad SMARTS) is 2. The number of hydrogen-bond donors (Lipinski definition) is 4. The first-order valence-corrected chi connectivity index (χ1v) is 5.27. The summed E-state index contributed by atoms with van der Waals surface area (Å²) in [6.07, 6.45) is -0.224. The Morgan fingerprint density at radius 2 is 1.78 bits per heavy atom. The van der Waals surface area contributed by atoms with Gasteiger partial charge in [-0.2, -0.15) is 0 Å². The van der Waals surface area contributed by atoms with Crippen molar-refractivity contribution in [1.82, 2.24) is 10.2 Å². The molecule has 18 heavy (non-hydrogen) atoms. The zero-order chi connectivity index (χ0) is 14.7. The Hall–Kier alpha value is -1.67. The molecule has 0 fully saturated rings. The largest absolute Gasteiger partial charge is 0.481 e. The van der Waals surface area contributed by atoms with E-state index in [-0.39, 0.29) is 18.7 Å². The highest BCUT2D eigenvalue weighted by molar-refractivity contribution is 5.77. The number of amides is 1. The zero-order valence-electron chi connectivity index (χ0n) is 10.8. The summed E-state index contributed by atoms with van der Waals surface area (Å²) in [4.78, 5) is 32.0. The van der Waals surface area contributed by atoms with Crippen LogP contribution in [0.1, 0.15) is 12.8 Å². The Morgan fingerprint density at radius 1 is 1.28 bits per heavy atom. The van der Waals surface area contributed by atoms with Crippen molar-refractivity contribution in [2.24, 2.45) is 5.73 Å². The lowest BCUT2D eigenvalue weighted by Gasteiger charge is -2.07. The van der Waals surface area contributed by atoms with E-state index in [1.54, 1.807) is 26.0 Å². The van der Waals surface area contributed by atoms with Crippen LogP contribution in [0.5, 0.6) is 0 Å². The van der Waals surface area contributed by atoms with E-state index in [0.29, 0.717) is 6.54 Å². The molecule has 5 N–H and O–H groups in total. The molecule has 106 valence electrons. The molecule has 0 aliphatic heterocycles. The van der Waals surface area contributed by atoms with Gasteiger partial charge in [0.05, 0.1) is 6.54 Å². The van der Waals surface area contributed by atoms with E-state index in [4.69, 9.17) is 15.9 Å². The Balaban J connectivity index is 0. The first-order valence-electron chi connectivity index (χ1n) is 5.27. The maximum Gasteiger partial charge on any atom is 0.320 e. The molecule has 1 atom stereocenters. The third-order valence-corrected chi connectivity index (χ3v) is 1.81. The number of carbonyl (C=O) groups is 3. The van der Waals surface area contributed by atoms with Crippen LogP contribution in [0.3, 0.4) is 0 Å². The molecule has 0 bridgehead atoms. The van der Waals surface area contributed by atoms with Crippen molar-refractivity contribution in [1.29, 1.82) is 0 Å². The molecule has 0 spiro atoms. The van der Waals surface area contributed by atoms with Gasteiger partial charge >= 0.3 is 11.9 Å². The van der Waals surface area contributed by atoms with Gasteiger partial charge in [0.2, 0.25) is 5.91 Å². The van der Waals surface area contributed by atoms with Crippen molar-refractivity contribution in [3.05, 3.63) is 0 Å². The quantitative estimate of drug-likeness (QED) is 0.461. The molecular formula is C10H21N3O5. The monoisotopic (exact) mass is 263 g/mol. The SMILES string of the molecule is CNCC(=O)N(C)C.N[C@@H](CCC(=O)O)C(=O)O. The summed E-state index contributed by atoms with van der Waals surface area (Å²) in [6.45, 7) is 0.424. The van der Waals surface area contributed by atoms with Gasteiger partial charge in [-0.15, -0.1) is 0 Å². The van der Waals surface area contributed by atoms with Crippen molar-refractivity contribution in [2.45, 2.75) is 18.9 Å². The van der Waals surface area contributed by atoms with Gasteiger partial charge in [-0.25, -0.2) is 0 Å². The van der Waals surface area contributed by atoms with Gasteiger partial charge in [-0.3, -0.25) is 14.4 Å². The zero-order valence-corrected chi connectivity index (χ0v) is 10.8. The fourth-order valence-corrected chi connectivity index (χ4v) is 0.712. The van der Waals surface area contributed by atoms with Gasteiger partial charge in [0.1, 0.15) is 6.04 Å². The first kappa shape index (κ1) is 18.7. The number of nitrogens with two attached hydrogens (primary N) is 1. The average Bonchev–Trinajstić information content (AvgIpc) is 2.26. The summed E-state index contributed by atoms with van der Waals surface area (Å²) in [6, 6.07) is -1.06. The van der Waals surface area contributed by atoms with Crippen molar-refractivity contribution >= 4 is 17.8 Å². The Morgan fingerprint density at radius 3 is 2.00 bits per heavy atom. The van der Waals surface area contributed by atoms with Crippen LogP contribution in [0.2, 0.25) is 0 Å². The van der Waals surface area contributed by atoms with E-state index in [1.165, 1.54) is 0 Å². The third-order valence-electron chi connectivity index (χ3n) is 1.81. The molecule has 8 nitrogen and oxygen atoms in total. The smallest absolute Gasteiger partial charge is 0.320 e. The molecule has 0 saturated carbocycles. The van der Waals surface area contributed by atoms with Gasteiger partial charge in [-0.05, 0) is 13.5 Å². The van der Waals surface area contributed by atoms with Crippen LogP contribution in [-0.2, 0) is 14.4 Å². The van der Waals surface area contributed by atoms with E-state index in [0.717, 1.165) is 0 Å². The fraction of sp³-hybridized carbons (Fsp3) is 0.700. The molecule has 0 aliphatic rings.